The molecule has 0 aliphatic rings. The highest BCUT2D eigenvalue weighted by Gasteiger charge is 2.28. The van der Waals surface area contributed by atoms with Crippen molar-refractivity contribution in [1.82, 2.24) is 0 Å². The molecule has 0 N–H and O–H groups in total. The maximum Gasteiger partial charge on any atom is 0.338 e. The fraction of sp³-hybridized carbons (Fsp3) is 0.269. The molecule has 0 aliphatic heterocycles. The van der Waals surface area contributed by atoms with Crippen LogP contribution in [0.5, 0.6) is 0 Å². The molecule has 0 radical (unpaired) electrons. The Morgan fingerprint density at radius 3 is 2.19 bits per heavy atom. The maximum absolute atomic E-state index is 13.8. The zero-order valence-electron chi connectivity index (χ0n) is 18.9. The van der Waals surface area contributed by atoms with Crippen molar-refractivity contribution in [3.8, 4) is 0 Å². The van der Waals surface area contributed by atoms with Crippen molar-refractivity contribution in [1.29, 1.82) is 0 Å². The first-order chi connectivity index (χ1) is 15.3. The van der Waals surface area contributed by atoms with Crippen LogP contribution < -0.4 is 4.31 Å². The molecular weight excluding hydrogens is 422 g/mol. The third-order valence-electron chi connectivity index (χ3n) is 5.37. The van der Waals surface area contributed by atoms with E-state index in [1.165, 1.54) is 4.31 Å². The van der Waals surface area contributed by atoms with Crippen molar-refractivity contribution >= 4 is 21.7 Å². The lowest BCUT2D eigenvalue weighted by atomic mass is 10.0. The van der Waals surface area contributed by atoms with E-state index >= 15 is 0 Å². The minimum atomic E-state index is -3.89. The van der Waals surface area contributed by atoms with Crippen LogP contribution in [0.4, 0.5) is 5.69 Å². The molecule has 0 aromatic heterocycles. The molecule has 3 rings (SSSR count). The van der Waals surface area contributed by atoms with Crippen molar-refractivity contribution in [2.75, 3.05) is 10.9 Å². The summed E-state index contributed by atoms with van der Waals surface area (Å²) in [7, 11) is -3.89. The number of sulfonamides is 1. The molecule has 6 heteroatoms. The Bertz CT molecular complexity index is 1170. The van der Waals surface area contributed by atoms with Gasteiger partial charge in [-0.15, -0.1) is 0 Å². The highest BCUT2D eigenvalue weighted by molar-refractivity contribution is 7.92. The number of carbonyl (C=O) groups excluding carboxylic acids is 1. The van der Waals surface area contributed by atoms with Gasteiger partial charge in [-0.05, 0) is 60.7 Å². The van der Waals surface area contributed by atoms with E-state index in [4.69, 9.17) is 4.74 Å². The van der Waals surface area contributed by atoms with Gasteiger partial charge in [-0.3, -0.25) is 4.31 Å². The Kier molecular flexibility index (Phi) is 7.36. The van der Waals surface area contributed by atoms with Crippen molar-refractivity contribution in [3.05, 3.63) is 95.1 Å². The van der Waals surface area contributed by atoms with Gasteiger partial charge >= 0.3 is 5.97 Å². The molecule has 0 amide bonds. The van der Waals surface area contributed by atoms with Crippen LogP contribution in [0.2, 0.25) is 0 Å². The molecule has 3 aromatic carbocycles. The zero-order valence-corrected chi connectivity index (χ0v) is 19.7. The number of hydrogen-bond donors (Lipinski definition) is 0. The van der Waals surface area contributed by atoms with Gasteiger partial charge in [-0.1, -0.05) is 62.4 Å². The SMILES string of the molecule is CCOC(=O)c1cccc(N(Cc2ccccc2)S(=O)(=O)c2ccc(C(C)C)cc2)c1C. The molecule has 32 heavy (non-hydrogen) atoms. The molecule has 0 saturated carbocycles. The number of ether oxygens (including phenoxy) is 1. The van der Waals surface area contributed by atoms with Crippen LogP contribution in [0.25, 0.3) is 0 Å². The second-order valence-electron chi connectivity index (χ2n) is 7.89. The fourth-order valence-electron chi connectivity index (χ4n) is 3.52. The molecule has 3 aromatic rings. The second kappa shape index (κ2) is 10.0. The smallest absolute Gasteiger partial charge is 0.338 e. The fourth-order valence-corrected chi connectivity index (χ4v) is 5.03. The molecule has 0 saturated heterocycles. The number of carbonyl (C=O) groups is 1. The van der Waals surface area contributed by atoms with Crippen molar-refractivity contribution in [2.45, 2.75) is 45.1 Å². The first-order valence-corrected chi connectivity index (χ1v) is 12.1. The first-order valence-electron chi connectivity index (χ1n) is 10.7. The summed E-state index contributed by atoms with van der Waals surface area (Å²) in [6.45, 7) is 8.00. The molecule has 5 nitrogen and oxygen atoms in total. The molecule has 0 spiro atoms. The van der Waals surface area contributed by atoms with E-state index in [1.807, 2.05) is 42.5 Å². The number of hydrogen-bond acceptors (Lipinski definition) is 4. The largest absolute Gasteiger partial charge is 0.462 e. The summed E-state index contributed by atoms with van der Waals surface area (Å²) in [4.78, 5) is 12.6. The molecule has 0 unspecified atom stereocenters. The van der Waals surface area contributed by atoms with E-state index in [1.54, 1.807) is 44.2 Å². The topological polar surface area (TPSA) is 63.7 Å². The van der Waals surface area contributed by atoms with Crippen LogP contribution in [-0.2, 0) is 21.3 Å². The van der Waals surface area contributed by atoms with Crippen molar-refractivity contribution in [2.24, 2.45) is 0 Å². The number of esters is 1. The van der Waals surface area contributed by atoms with Gasteiger partial charge < -0.3 is 4.74 Å². The summed E-state index contributed by atoms with van der Waals surface area (Å²) < 4.78 is 34.1. The Labute approximate surface area is 190 Å². The van der Waals surface area contributed by atoms with E-state index in [0.29, 0.717) is 22.7 Å². The summed E-state index contributed by atoms with van der Waals surface area (Å²) >= 11 is 0. The Hall–Kier alpha value is -3.12. The van der Waals surface area contributed by atoms with Gasteiger partial charge in [0.1, 0.15) is 0 Å². The summed E-state index contributed by atoms with van der Waals surface area (Å²) in [5.74, 6) is -0.166. The highest BCUT2D eigenvalue weighted by atomic mass is 32.2. The molecule has 0 bridgehead atoms. The summed E-state index contributed by atoms with van der Waals surface area (Å²) in [5, 5.41) is 0. The number of nitrogens with zero attached hydrogens (tertiary/aromatic N) is 1. The number of rotatable bonds is 8. The van der Waals surface area contributed by atoms with Crippen LogP contribution >= 0.6 is 0 Å². The third-order valence-corrected chi connectivity index (χ3v) is 7.15. The average Bonchev–Trinajstić information content (AvgIpc) is 2.78. The van der Waals surface area contributed by atoms with Gasteiger partial charge in [0.2, 0.25) is 0 Å². The maximum atomic E-state index is 13.8. The number of benzene rings is 3. The predicted molar refractivity (Wildman–Crippen MR) is 127 cm³/mol. The lowest BCUT2D eigenvalue weighted by Crippen LogP contribution is -2.31. The van der Waals surface area contributed by atoms with Crippen LogP contribution in [-0.4, -0.2) is 21.0 Å². The summed E-state index contributed by atoms with van der Waals surface area (Å²) in [6.07, 6.45) is 0. The lowest BCUT2D eigenvalue weighted by Gasteiger charge is -2.27. The normalized spacial score (nSPS) is 11.4. The van der Waals surface area contributed by atoms with Crippen molar-refractivity contribution in [3.63, 3.8) is 0 Å². The second-order valence-corrected chi connectivity index (χ2v) is 9.75. The van der Waals surface area contributed by atoms with Crippen LogP contribution in [0.15, 0.2) is 77.7 Å². The van der Waals surface area contributed by atoms with E-state index in [0.717, 1.165) is 11.1 Å². The Morgan fingerprint density at radius 1 is 0.938 bits per heavy atom. The van der Waals surface area contributed by atoms with E-state index < -0.39 is 16.0 Å². The molecule has 168 valence electrons. The first kappa shape index (κ1) is 23.5. The van der Waals surface area contributed by atoms with E-state index in [9.17, 15) is 13.2 Å². The van der Waals surface area contributed by atoms with Crippen LogP contribution in [0.3, 0.4) is 0 Å². The quantitative estimate of drug-likeness (QED) is 0.413. The van der Waals surface area contributed by atoms with Crippen molar-refractivity contribution < 1.29 is 17.9 Å². The van der Waals surface area contributed by atoms with Gasteiger partial charge in [-0.25, -0.2) is 13.2 Å². The molecule has 0 fully saturated rings. The van der Waals surface area contributed by atoms with Gasteiger partial charge in [0.25, 0.3) is 10.0 Å². The van der Waals surface area contributed by atoms with Gasteiger partial charge in [-0.2, -0.15) is 0 Å². The third kappa shape index (κ3) is 5.02. The Balaban J connectivity index is 2.13. The summed E-state index contributed by atoms with van der Waals surface area (Å²) in [5.41, 5.74) is 3.28. The average molecular weight is 452 g/mol. The molecule has 0 aliphatic carbocycles. The lowest BCUT2D eigenvalue weighted by molar-refractivity contribution is 0.0525. The molecule has 0 heterocycles. The molecular formula is C26H29NO4S. The van der Waals surface area contributed by atoms with Gasteiger partial charge in [0, 0.05) is 0 Å². The number of anilines is 1. The van der Waals surface area contributed by atoms with Gasteiger partial charge in [0.15, 0.2) is 0 Å². The highest BCUT2D eigenvalue weighted by Crippen LogP contribution is 2.31. The monoisotopic (exact) mass is 451 g/mol. The Morgan fingerprint density at radius 2 is 1.59 bits per heavy atom. The minimum Gasteiger partial charge on any atom is -0.462 e. The van der Waals surface area contributed by atoms with Crippen LogP contribution in [0, 0.1) is 6.92 Å². The molecule has 0 atom stereocenters. The standard InChI is InChI=1S/C26H29NO4S/c1-5-31-26(28)24-12-9-13-25(20(24)4)27(18-21-10-7-6-8-11-21)32(29,30)23-16-14-22(15-17-23)19(2)3/h6-17,19H,5,18H2,1-4H3. The van der Waals surface area contributed by atoms with Crippen LogP contribution in [0.1, 0.15) is 53.7 Å². The van der Waals surface area contributed by atoms with Gasteiger partial charge in [0.05, 0.1) is 29.3 Å². The predicted octanol–water partition coefficient (Wildman–Crippen LogP) is 5.69. The summed E-state index contributed by atoms with van der Waals surface area (Å²) in [6, 6.07) is 21.5. The zero-order chi connectivity index (χ0) is 23.3. The van der Waals surface area contributed by atoms with E-state index in [2.05, 4.69) is 13.8 Å². The minimum absolute atomic E-state index is 0.141. The van der Waals surface area contributed by atoms with E-state index in [-0.39, 0.29) is 18.0 Å².